The lowest BCUT2D eigenvalue weighted by molar-refractivity contribution is -0.206. The van der Waals surface area contributed by atoms with E-state index >= 15 is 4.39 Å². The molecule has 0 unspecified atom stereocenters. The van der Waals surface area contributed by atoms with Crippen LogP contribution in [0.1, 0.15) is 95.0 Å². The van der Waals surface area contributed by atoms with Crippen LogP contribution in [-0.2, 0) is 9.47 Å². The summed E-state index contributed by atoms with van der Waals surface area (Å²) in [5, 5.41) is 0. The minimum Gasteiger partial charge on any atom is -0.348 e. The van der Waals surface area contributed by atoms with E-state index in [4.69, 9.17) is 9.47 Å². The number of unbranched alkanes of at least 4 members (excludes halogenated alkanes) is 1. The summed E-state index contributed by atoms with van der Waals surface area (Å²) in [5.74, 6) is 1.77. The van der Waals surface area contributed by atoms with E-state index in [2.05, 4.69) is 19.9 Å². The highest BCUT2D eigenvalue weighted by atomic mass is 19.1. The van der Waals surface area contributed by atoms with E-state index in [0.717, 1.165) is 43.1 Å². The van der Waals surface area contributed by atoms with Crippen LogP contribution in [0.4, 0.5) is 4.39 Å². The number of ether oxygens (including phenoxy) is 2. The highest BCUT2D eigenvalue weighted by molar-refractivity contribution is 5.65. The SMILES string of the molecule is CCCCC1CCC(c2ccc(-c3ccc([C@H]4OC[C@H](CCC)CO4)cc3)c(F)c2)CC1. The van der Waals surface area contributed by atoms with Gasteiger partial charge in [-0.15, -0.1) is 0 Å². The summed E-state index contributed by atoms with van der Waals surface area (Å²) in [6.45, 7) is 5.95. The number of benzene rings is 2. The average molecular weight is 439 g/mol. The van der Waals surface area contributed by atoms with Crippen LogP contribution >= 0.6 is 0 Å². The van der Waals surface area contributed by atoms with Gasteiger partial charge in [-0.25, -0.2) is 4.39 Å². The molecule has 0 N–H and O–H groups in total. The normalized spacial score (nSPS) is 26.2. The first kappa shape index (κ1) is 23.4. The Morgan fingerprint density at radius 3 is 2.09 bits per heavy atom. The van der Waals surface area contributed by atoms with E-state index in [1.807, 2.05) is 30.3 Å². The summed E-state index contributed by atoms with van der Waals surface area (Å²) in [7, 11) is 0. The van der Waals surface area contributed by atoms with Gasteiger partial charge in [0, 0.05) is 17.0 Å². The van der Waals surface area contributed by atoms with Crippen molar-refractivity contribution >= 4 is 0 Å². The van der Waals surface area contributed by atoms with Crippen LogP contribution in [0.25, 0.3) is 11.1 Å². The molecule has 0 atom stereocenters. The molecule has 1 saturated heterocycles. The van der Waals surface area contributed by atoms with Gasteiger partial charge in [0.25, 0.3) is 0 Å². The lowest BCUT2D eigenvalue weighted by Crippen LogP contribution is -2.26. The minimum atomic E-state index is -0.308. The van der Waals surface area contributed by atoms with Gasteiger partial charge in [0.05, 0.1) is 13.2 Å². The van der Waals surface area contributed by atoms with Gasteiger partial charge < -0.3 is 9.47 Å². The van der Waals surface area contributed by atoms with Crippen molar-refractivity contribution in [2.75, 3.05) is 13.2 Å². The molecule has 1 heterocycles. The Balaban J connectivity index is 1.36. The summed E-state index contributed by atoms with van der Waals surface area (Å²) in [4.78, 5) is 0. The molecular formula is C29H39FO2. The maximum atomic E-state index is 15.1. The molecule has 1 aliphatic carbocycles. The molecule has 0 radical (unpaired) electrons. The van der Waals surface area contributed by atoms with E-state index in [0.29, 0.717) is 17.4 Å². The van der Waals surface area contributed by atoms with Crippen molar-refractivity contribution < 1.29 is 13.9 Å². The van der Waals surface area contributed by atoms with Gasteiger partial charge in [0.1, 0.15) is 5.82 Å². The molecule has 1 saturated carbocycles. The van der Waals surface area contributed by atoms with Gasteiger partial charge in [-0.2, -0.15) is 0 Å². The summed E-state index contributed by atoms with van der Waals surface area (Å²) < 4.78 is 26.9. The maximum absolute atomic E-state index is 15.1. The molecule has 0 aromatic heterocycles. The van der Waals surface area contributed by atoms with Crippen LogP contribution in [0.2, 0.25) is 0 Å². The molecule has 4 rings (SSSR count). The molecule has 2 aromatic carbocycles. The molecule has 2 aliphatic rings. The topological polar surface area (TPSA) is 18.5 Å². The lowest BCUT2D eigenvalue weighted by atomic mass is 9.77. The van der Waals surface area contributed by atoms with Crippen molar-refractivity contribution in [3.8, 4) is 11.1 Å². The van der Waals surface area contributed by atoms with E-state index in [-0.39, 0.29) is 12.1 Å². The van der Waals surface area contributed by atoms with Crippen LogP contribution in [0.5, 0.6) is 0 Å². The summed E-state index contributed by atoms with van der Waals surface area (Å²) in [6.07, 6.45) is 11.0. The van der Waals surface area contributed by atoms with Crippen molar-refractivity contribution in [2.24, 2.45) is 11.8 Å². The molecule has 174 valence electrons. The van der Waals surface area contributed by atoms with Gasteiger partial charge in [-0.05, 0) is 61.1 Å². The zero-order valence-electron chi connectivity index (χ0n) is 19.8. The quantitative estimate of drug-likeness (QED) is 0.412. The zero-order chi connectivity index (χ0) is 22.3. The van der Waals surface area contributed by atoms with E-state index in [1.54, 1.807) is 6.07 Å². The van der Waals surface area contributed by atoms with E-state index in [1.165, 1.54) is 50.5 Å². The third-order valence-electron chi connectivity index (χ3n) is 7.43. The first-order chi connectivity index (χ1) is 15.7. The Kier molecular flexibility index (Phi) is 8.37. The van der Waals surface area contributed by atoms with Crippen molar-refractivity contribution in [3.63, 3.8) is 0 Å². The molecule has 3 heteroatoms. The molecule has 2 nitrogen and oxygen atoms in total. The van der Waals surface area contributed by atoms with Crippen molar-refractivity contribution in [1.82, 2.24) is 0 Å². The zero-order valence-corrected chi connectivity index (χ0v) is 19.8. The third-order valence-corrected chi connectivity index (χ3v) is 7.43. The molecule has 32 heavy (non-hydrogen) atoms. The third kappa shape index (κ3) is 5.80. The first-order valence-electron chi connectivity index (χ1n) is 12.8. The maximum Gasteiger partial charge on any atom is 0.183 e. The molecule has 1 aliphatic heterocycles. The van der Waals surface area contributed by atoms with Gasteiger partial charge in [0.2, 0.25) is 0 Å². The highest BCUT2D eigenvalue weighted by Gasteiger charge is 2.24. The number of hydrogen-bond donors (Lipinski definition) is 0. The van der Waals surface area contributed by atoms with Crippen LogP contribution in [-0.4, -0.2) is 13.2 Å². The molecular weight excluding hydrogens is 399 g/mol. The molecule has 0 amide bonds. The molecule has 2 aromatic rings. The van der Waals surface area contributed by atoms with Crippen LogP contribution in [0.3, 0.4) is 0 Å². The second-order valence-corrected chi connectivity index (χ2v) is 9.87. The Morgan fingerprint density at radius 1 is 0.781 bits per heavy atom. The summed E-state index contributed by atoms with van der Waals surface area (Å²) in [5.41, 5.74) is 3.74. The summed E-state index contributed by atoms with van der Waals surface area (Å²) >= 11 is 0. The fraction of sp³-hybridized carbons (Fsp3) is 0.586. The number of rotatable bonds is 8. The predicted octanol–water partition coefficient (Wildman–Crippen LogP) is 8.42. The fourth-order valence-electron chi connectivity index (χ4n) is 5.43. The van der Waals surface area contributed by atoms with Gasteiger partial charge in [-0.3, -0.25) is 0 Å². The fourth-order valence-corrected chi connectivity index (χ4v) is 5.43. The van der Waals surface area contributed by atoms with Gasteiger partial charge in [-0.1, -0.05) is 75.9 Å². The first-order valence-corrected chi connectivity index (χ1v) is 12.8. The van der Waals surface area contributed by atoms with Crippen molar-refractivity contribution in [2.45, 2.75) is 83.8 Å². The largest absolute Gasteiger partial charge is 0.348 e. The monoisotopic (exact) mass is 438 g/mol. The number of hydrogen-bond acceptors (Lipinski definition) is 2. The van der Waals surface area contributed by atoms with E-state index in [9.17, 15) is 0 Å². The molecule has 0 spiro atoms. The Morgan fingerprint density at radius 2 is 1.47 bits per heavy atom. The average Bonchev–Trinajstić information content (AvgIpc) is 2.84. The van der Waals surface area contributed by atoms with Crippen LogP contribution in [0.15, 0.2) is 42.5 Å². The smallest absolute Gasteiger partial charge is 0.183 e. The van der Waals surface area contributed by atoms with Crippen LogP contribution in [0, 0.1) is 17.7 Å². The second-order valence-electron chi connectivity index (χ2n) is 9.87. The van der Waals surface area contributed by atoms with Gasteiger partial charge >= 0.3 is 0 Å². The predicted molar refractivity (Wildman–Crippen MR) is 129 cm³/mol. The highest BCUT2D eigenvalue weighted by Crippen LogP contribution is 2.39. The molecule has 2 fully saturated rings. The Hall–Kier alpha value is -1.71. The molecule has 0 bridgehead atoms. The Labute approximate surface area is 193 Å². The lowest BCUT2D eigenvalue weighted by Gasteiger charge is -2.29. The van der Waals surface area contributed by atoms with E-state index < -0.39 is 0 Å². The number of halogens is 1. The van der Waals surface area contributed by atoms with Crippen LogP contribution < -0.4 is 0 Å². The second kappa shape index (κ2) is 11.4. The minimum absolute atomic E-state index is 0.115. The van der Waals surface area contributed by atoms with Crippen molar-refractivity contribution in [1.29, 1.82) is 0 Å². The van der Waals surface area contributed by atoms with Crippen molar-refractivity contribution in [3.05, 3.63) is 59.4 Å². The van der Waals surface area contributed by atoms with Gasteiger partial charge in [0.15, 0.2) is 6.29 Å². The standard InChI is InChI=1S/C29H39FO2/c1-3-5-7-21-8-10-23(11-9-21)26-16-17-27(28(30)18-26)24-12-14-25(15-13-24)29-31-19-22(6-4-2)20-32-29/h12-18,21-23,29H,3-11,19-20H2,1-2H3/t21?,22-,23?,29-. The Bertz CT molecular complexity index is 831. The summed E-state index contributed by atoms with van der Waals surface area (Å²) in [6, 6.07) is 13.9.